The first-order valence-corrected chi connectivity index (χ1v) is 12.1. The summed E-state index contributed by atoms with van der Waals surface area (Å²) in [6.45, 7) is 7.13. The van der Waals surface area contributed by atoms with Crippen molar-refractivity contribution in [3.63, 3.8) is 0 Å². The molecule has 0 bridgehead atoms. The van der Waals surface area contributed by atoms with Crippen LogP contribution in [-0.4, -0.2) is 45.9 Å². The molecule has 0 heterocycles. The number of ketones is 2. The van der Waals surface area contributed by atoms with E-state index in [0.717, 1.165) is 0 Å². The minimum atomic E-state index is -1.99. The molecule has 0 unspecified atom stereocenters. The van der Waals surface area contributed by atoms with Crippen LogP contribution in [0.15, 0.2) is 23.8 Å². The molecule has 4 aliphatic rings. The second-order valence-electron chi connectivity index (χ2n) is 10.5. The van der Waals surface area contributed by atoms with Gasteiger partial charge in [-0.3, -0.25) is 14.4 Å². The number of ether oxygens (including phenoxy) is 1. The number of allylic oxidation sites excluding steroid dienone is 4. The van der Waals surface area contributed by atoms with Crippen molar-refractivity contribution in [2.75, 3.05) is 5.88 Å². The average molecular weight is 467 g/mol. The van der Waals surface area contributed by atoms with E-state index in [2.05, 4.69) is 0 Å². The molecule has 0 amide bonds. The van der Waals surface area contributed by atoms with Crippen LogP contribution in [-0.2, 0) is 19.1 Å². The summed E-state index contributed by atoms with van der Waals surface area (Å²) in [4.78, 5) is 37.7. The monoisotopic (exact) mass is 466 g/mol. The first kappa shape index (κ1) is 23.6. The van der Waals surface area contributed by atoms with Crippen molar-refractivity contribution in [1.82, 2.24) is 0 Å². The van der Waals surface area contributed by atoms with E-state index < -0.39 is 40.1 Å². The Labute approximate surface area is 193 Å². The Bertz CT molecular complexity index is 929. The van der Waals surface area contributed by atoms with Gasteiger partial charge in [-0.05, 0) is 50.7 Å². The van der Waals surface area contributed by atoms with Gasteiger partial charge in [0.1, 0.15) is 0 Å². The zero-order valence-electron chi connectivity index (χ0n) is 19.1. The van der Waals surface area contributed by atoms with Crippen molar-refractivity contribution < 1.29 is 28.6 Å². The molecule has 0 aromatic heterocycles. The van der Waals surface area contributed by atoms with E-state index in [1.165, 1.54) is 12.2 Å². The molecule has 5 nitrogen and oxygen atoms in total. The number of aliphatic hydroxyl groups excluding tert-OH is 1. The van der Waals surface area contributed by atoms with Crippen LogP contribution >= 0.6 is 11.6 Å². The van der Waals surface area contributed by atoms with Crippen molar-refractivity contribution in [2.24, 2.45) is 28.6 Å². The lowest BCUT2D eigenvalue weighted by molar-refractivity contribution is -0.227. The highest BCUT2D eigenvalue weighted by molar-refractivity contribution is 6.29. The molecule has 0 aromatic carbocycles. The summed E-state index contributed by atoms with van der Waals surface area (Å²) in [6, 6.07) is 0. The Balaban J connectivity index is 1.85. The second-order valence-corrected chi connectivity index (χ2v) is 10.8. The molecular weight excluding hydrogens is 435 g/mol. The Morgan fingerprint density at radius 1 is 1.31 bits per heavy atom. The van der Waals surface area contributed by atoms with Gasteiger partial charge in [-0.2, -0.15) is 0 Å². The quantitative estimate of drug-likeness (QED) is 0.498. The number of aliphatic hydroxyl groups is 1. The lowest BCUT2D eigenvalue weighted by atomic mass is 9.44. The van der Waals surface area contributed by atoms with Crippen LogP contribution in [0.25, 0.3) is 0 Å². The van der Waals surface area contributed by atoms with Crippen LogP contribution in [0.5, 0.6) is 0 Å². The molecule has 3 saturated carbocycles. The maximum absolute atomic E-state index is 17.2. The Morgan fingerprint density at radius 2 is 2.00 bits per heavy atom. The van der Waals surface area contributed by atoms with E-state index in [4.69, 9.17) is 16.3 Å². The fourth-order valence-electron chi connectivity index (χ4n) is 7.75. The summed E-state index contributed by atoms with van der Waals surface area (Å²) in [6.07, 6.45) is 4.67. The summed E-state index contributed by atoms with van der Waals surface area (Å²) >= 11 is 6.01. The van der Waals surface area contributed by atoms with Gasteiger partial charge in [-0.15, -0.1) is 11.6 Å². The van der Waals surface area contributed by atoms with Gasteiger partial charge in [0.25, 0.3) is 0 Å². The number of fused-ring (bicyclic) bond motifs is 5. The highest BCUT2D eigenvalue weighted by Gasteiger charge is 2.77. The standard InChI is InChI=1S/C25H32ClFO5/c1-5-21(31)32-25(20(30)13-26)14(2)10-18-17-7-6-15-11-16(28)8-9-22(15,3)24(17,27)19(29)12-23(18,25)4/h8-9,11,14,17-19,29H,5-7,10,12-13H2,1-4H3/t14-,17+,18-,19-,22-,23-,24-,25-/m0/s1. The molecule has 0 spiro atoms. The van der Waals surface area contributed by atoms with Crippen LogP contribution < -0.4 is 0 Å². The van der Waals surface area contributed by atoms with Gasteiger partial charge in [0, 0.05) is 29.1 Å². The number of Topliss-reactive ketones (excluding diaryl/α,β-unsaturated/α-hetero) is 1. The van der Waals surface area contributed by atoms with Crippen LogP contribution in [0.2, 0.25) is 0 Å². The van der Waals surface area contributed by atoms with Crippen molar-refractivity contribution in [2.45, 2.75) is 77.2 Å². The summed E-state index contributed by atoms with van der Waals surface area (Å²) < 4.78 is 23.1. The molecule has 8 atom stereocenters. The summed E-state index contributed by atoms with van der Waals surface area (Å²) in [5.74, 6) is -2.57. The van der Waals surface area contributed by atoms with Crippen molar-refractivity contribution in [3.05, 3.63) is 23.8 Å². The van der Waals surface area contributed by atoms with Crippen LogP contribution in [0.3, 0.4) is 0 Å². The van der Waals surface area contributed by atoms with E-state index >= 15 is 4.39 Å². The number of hydrogen-bond donors (Lipinski definition) is 1. The summed E-state index contributed by atoms with van der Waals surface area (Å²) in [7, 11) is 0. The summed E-state index contributed by atoms with van der Waals surface area (Å²) in [5.41, 5.74) is -4.83. The molecule has 0 saturated heterocycles. The van der Waals surface area contributed by atoms with Crippen molar-refractivity contribution in [1.29, 1.82) is 0 Å². The largest absolute Gasteiger partial charge is 0.450 e. The van der Waals surface area contributed by atoms with Crippen LogP contribution in [0, 0.1) is 28.6 Å². The molecule has 0 aliphatic heterocycles. The van der Waals surface area contributed by atoms with Gasteiger partial charge in [-0.25, -0.2) is 4.39 Å². The zero-order chi connectivity index (χ0) is 23.7. The number of carbonyl (C=O) groups excluding carboxylic acids is 3. The number of rotatable bonds is 4. The predicted octanol–water partition coefficient (Wildman–Crippen LogP) is 4.10. The highest BCUT2D eigenvalue weighted by Crippen LogP contribution is 2.71. The lowest BCUT2D eigenvalue weighted by Gasteiger charge is -2.62. The predicted molar refractivity (Wildman–Crippen MR) is 118 cm³/mol. The third kappa shape index (κ3) is 2.68. The second kappa shape index (κ2) is 7.49. The van der Waals surface area contributed by atoms with E-state index in [-0.39, 0.29) is 42.1 Å². The first-order chi connectivity index (χ1) is 14.9. The van der Waals surface area contributed by atoms with E-state index in [0.29, 0.717) is 24.8 Å². The molecule has 176 valence electrons. The molecule has 0 aromatic rings. The third-order valence-corrected chi connectivity index (χ3v) is 9.52. The maximum atomic E-state index is 17.2. The molecule has 32 heavy (non-hydrogen) atoms. The third-order valence-electron chi connectivity index (χ3n) is 9.28. The molecule has 3 fully saturated rings. The number of hydrogen-bond acceptors (Lipinski definition) is 5. The van der Waals surface area contributed by atoms with E-state index in [1.807, 2.05) is 13.8 Å². The number of carbonyl (C=O) groups is 3. The SMILES string of the molecule is CCC(=O)O[C@]1(C(=O)CCl)[C@@H](C)C[C@H]2[C@H]3CCC4=CC(=O)C=C[C@]4(C)[C@@]3(F)[C@@H](O)C[C@@]21C. The van der Waals surface area contributed by atoms with Gasteiger partial charge >= 0.3 is 5.97 Å². The smallest absolute Gasteiger partial charge is 0.306 e. The zero-order valence-corrected chi connectivity index (χ0v) is 19.9. The first-order valence-electron chi connectivity index (χ1n) is 11.5. The maximum Gasteiger partial charge on any atom is 0.306 e. The van der Waals surface area contributed by atoms with Gasteiger partial charge in [0.2, 0.25) is 0 Å². The fraction of sp³-hybridized carbons (Fsp3) is 0.720. The van der Waals surface area contributed by atoms with E-state index in [1.54, 1.807) is 19.9 Å². The Morgan fingerprint density at radius 3 is 2.62 bits per heavy atom. The molecular formula is C25H32ClFO5. The Kier molecular flexibility index (Phi) is 5.53. The minimum Gasteiger partial charge on any atom is -0.450 e. The van der Waals surface area contributed by atoms with Crippen molar-refractivity contribution in [3.8, 4) is 0 Å². The van der Waals surface area contributed by atoms with Crippen LogP contribution in [0.1, 0.15) is 59.8 Å². The van der Waals surface area contributed by atoms with Gasteiger partial charge in [0.05, 0.1) is 12.0 Å². The minimum absolute atomic E-state index is 0.0285. The fourth-order valence-corrected chi connectivity index (χ4v) is 7.95. The normalized spacial score (nSPS) is 47.2. The highest BCUT2D eigenvalue weighted by atomic mass is 35.5. The topological polar surface area (TPSA) is 80.7 Å². The van der Waals surface area contributed by atoms with Gasteiger partial charge < -0.3 is 9.84 Å². The number of esters is 1. The summed E-state index contributed by atoms with van der Waals surface area (Å²) in [5, 5.41) is 11.4. The van der Waals surface area contributed by atoms with Crippen molar-refractivity contribution >= 4 is 29.1 Å². The molecule has 1 N–H and O–H groups in total. The molecule has 7 heteroatoms. The molecule has 4 rings (SSSR count). The number of halogens is 2. The molecule has 0 radical (unpaired) electrons. The average Bonchev–Trinajstić information content (AvgIpc) is 2.96. The number of alkyl halides is 2. The van der Waals surface area contributed by atoms with E-state index in [9.17, 15) is 19.5 Å². The Hall–Kier alpha value is -1.53. The lowest BCUT2D eigenvalue weighted by Crippen LogP contribution is -2.70. The van der Waals surface area contributed by atoms with Gasteiger partial charge in [0.15, 0.2) is 22.8 Å². The van der Waals surface area contributed by atoms with Gasteiger partial charge in [-0.1, -0.05) is 32.4 Å². The van der Waals surface area contributed by atoms with Crippen LogP contribution in [0.4, 0.5) is 4.39 Å². The molecule has 4 aliphatic carbocycles.